The molecule has 0 aromatic rings. The average molecular weight is 480 g/mol. The topological polar surface area (TPSA) is 57.2 Å². The van der Waals surface area contributed by atoms with Gasteiger partial charge in [0.15, 0.2) is 5.96 Å². The van der Waals surface area contributed by atoms with E-state index in [-0.39, 0.29) is 35.9 Å². The third-order valence-electron chi connectivity index (χ3n) is 5.60. The molecular formula is C19H37IN4O2. The minimum atomic E-state index is -0.0743. The van der Waals surface area contributed by atoms with Crippen LogP contribution in [0.1, 0.15) is 45.4 Å². The Hall–Kier alpha value is -0.570. The monoisotopic (exact) mass is 480 g/mol. The van der Waals surface area contributed by atoms with E-state index in [1.54, 1.807) is 0 Å². The van der Waals surface area contributed by atoms with Crippen molar-refractivity contribution in [3.8, 4) is 0 Å². The van der Waals surface area contributed by atoms with Crippen LogP contribution in [0.3, 0.4) is 0 Å². The molecule has 0 aliphatic carbocycles. The second-order valence-corrected chi connectivity index (χ2v) is 7.49. The fraction of sp³-hybridized carbons (Fsp3) is 0.895. The number of esters is 1. The Labute approximate surface area is 176 Å². The van der Waals surface area contributed by atoms with E-state index in [1.807, 2.05) is 7.05 Å². The zero-order chi connectivity index (χ0) is 18.1. The molecule has 0 aromatic carbocycles. The fourth-order valence-electron chi connectivity index (χ4n) is 3.77. The quantitative estimate of drug-likeness (QED) is 0.208. The number of ether oxygens (including phenoxy) is 1. The molecule has 26 heavy (non-hydrogen) atoms. The first-order chi connectivity index (χ1) is 12.1. The maximum Gasteiger partial charge on any atom is 0.308 e. The van der Waals surface area contributed by atoms with E-state index < -0.39 is 0 Å². The predicted octanol–water partition coefficient (Wildman–Crippen LogP) is 2.58. The molecule has 6 nitrogen and oxygen atoms in total. The first kappa shape index (κ1) is 23.5. The lowest BCUT2D eigenvalue weighted by Gasteiger charge is -2.33. The second-order valence-electron chi connectivity index (χ2n) is 7.49. The second kappa shape index (κ2) is 12.8. The van der Waals surface area contributed by atoms with Crippen LogP contribution in [-0.2, 0) is 9.53 Å². The molecule has 0 atom stereocenters. The Morgan fingerprint density at radius 3 is 2.35 bits per heavy atom. The minimum Gasteiger partial charge on any atom is -0.469 e. The van der Waals surface area contributed by atoms with Crippen molar-refractivity contribution in [3.05, 3.63) is 0 Å². The zero-order valence-electron chi connectivity index (χ0n) is 16.7. The van der Waals surface area contributed by atoms with Crippen LogP contribution in [0.4, 0.5) is 0 Å². The number of carbonyl (C=O) groups excluding carboxylic acids is 1. The van der Waals surface area contributed by atoms with E-state index in [9.17, 15) is 4.79 Å². The first-order valence-electron chi connectivity index (χ1n) is 9.89. The number of nitrogens with zero attached hydrogens (tertiary/aromatic N) is 3. The molecule has 2 saturated heterocycles. The number of hydrogen-bond donors (Lipinski definition) is 1. The smallest absolute Gasteiger partial charge is 0.308 e. The highest BCUT2D eigenvalue weighted by atomic mass is 127. The van der Waals surface area contributed by atoms with Crippen LogP contribution in [0.25, 0.3) is 0 Å². The molecule has 2 aliphatic rings. The van der Waals surface area contributed by atoms with Crippen LogP contribution in [-0.4, -0.2) is 75.2 Å². The van der Waals surface area contributed by atoms with Crippen molar-refractivity contribution < 1.29 is 9.53 Å². The summed E-state index contributed by atoms with van der Waals surface area (Å²) in [6.07, 6.45) is 6.81. The standard InChI is InChI=1S/C19H36N4O2.HI/c1-16-6-12-22(13-7-16)11-5-4-10-21-19(20-2)23-14-8-17(9-15-23)18(24)25-3;/h16-17H,4-15H2,1-3H3,(H,20,21);1H. The Balaban J connectivity index is 0.00000338. The summed E-state index contributed by atoms with van der Waals surface area (Å²) in [6.45, 7) is 8.82. The van der Waals surface area contributed by atoms with Crippen LogP contribution in [0.15, 0.2) is 4.99 Å². The highest BCUT2D eigenvalue weighted by molar-refractivity contribution is 14.0. The molecule has 0 saturated carbocycles. The molecule has 0 spiro atoms. The molecule has 1 N–H and O–H groups in total. The van der Waals surface area contributed by atoms with Crippen molar-refractivity contribution in [1.82, 2.24) is 15.1 Å². The Morgan fingerprint density at radius 2 is 1.77 bits per heavy atom. The molecule has 0 radical (unpaired) electrons. The number of nitrogens with one attached hydrogen (secondary N) is 1. The summed E-state index contributed by atoms with van der Waals surface area (Å²) in [5.41, 5.74) is 0. The molecule has 0 aromatic heterocycles. The lowest BCUT2D eigenvalue weighted by atomic mass is 9.97. The summed E-state index contributed by atoms with van der Waals surface area (Å²) in [7, 11) is 3.31. The van der Waals surface area contributed by atoms with Crippen LogP contribution >= 0.6 is 24.0 Å². The van der Waals surface area contributed by atoms with Crippen molar-refractivity contribution in [2.24, 2.45) is 16.8 Å². The number of aliphatic imine (C=N–C) groups is 1. The summed E-state index contributed by atoms with van der Waals surface area (Å²) in [5.74, 6) is 1.85. The molecule has 2 fully saturated rings. The number of carbonyl (C=O) groups is 1. The molecule has 0 bridgehead atoms. The Morgan fingerprint density at radius 1 is 1.12 bits per heavy atom. The molecule has 2 heterocycles. The van der Waals surface area contributed by atoms with Gasteiger partial charge >= 0.3 is 5.97 Å². The molecule has 2 rings (SSSR count). The zero-order valence-corrected chi connectivity index (χ0v) is 19.0. The van der Waals surface area contributed by atoms with Gasteiger partial charge < -0.3 is 19.9 Å². The van der Waals surface area contributed by atoms with E-state index in [0.29, 0.717) is 0 Å². The maximum absolute atomic E-state index is 11.6. The van der Waals surface area contributed by atoms with Gasteiger partial charge in [-0.05, 0) is 64.1 Å². The number of halogens is 1. The van der Waals surface area contributed by atoms with Gasteiger partial charge in [0.25, 0.3) is 0 Å². The van der Waals surface area contributed by atoms with E-state index in [0.717, 1.165) is 44.4 Å². The van der Waals surface area contributed by atoms with Crippen LogP contribution in [0.2, 0.25) is 0 Å². The summed E-state index contributed by atoms with van der Waals surface area (Å²) in [5, 5.41) is 3.48. The van der Waals surface area contributed by atoms with Gasteiger partial charge in [-0.1, -0.05) is 6.92 Å². The van der Waals surface area contributed by atoms with E-state index in [4.69, 9.17) is 4.74 Å². The minimum absolute atomic E-state index is 0. The predicted molar refractivity (Wildman–Crippen MR) is 117 cm³/mol. The van der Waals surface area contributed by atoms with Gasteiger partial charge in [0.1, 0.15) is 0 Å². The first-order valence-corrected chi connectivity index (χ1v) is 9.89. The fourth-order valence-corrected chi connectivity index (χ4v) is 3.77. The SMILES string of the molecule is CN=C(NCCCCN1CCC(C)CC1)N1CCC(C(=O)OC)CC1.I. The number of methoxy groups -OCH3 is 1. The normalized spacial score (nSPS) is 20.6. The van der Waals surface area contributed by atoms with Crippen molar-refractivity contribution >= 4 is 35.9 Å². The lowest BCUT2D eigenvalue weighted by Crippen LogP contribution is -2.47. The molecule has 0 unspecified atom stereocenters. The maximum atomic E-state index is 11.6. The van der Waals surface area contributed by atoms with Crippen molar-refractivity contribution in [2.45, 2.75) is 45.4 Å². The van der Waals surface area contributed by atoms with Crippen LogP contribution in [0.5, 0.6) is 0 Å². The van der Waals surface area contributed by atoms with Crippen LogP contribution in [0, 0.1) is 11.8 Å². The molecular weight excluding hydrogens is 443 g/mol. The molecule has 0 amide bonds. The molecule has 2 aliphatic heterocycles. The van der Waals surface area contributed by atoms with Gasteiger partial charge in [0.2, 0.25) is 0 Å². The largest absolute Gasteiger partial charge is 0.469 e. The van der Waals surface area contributed by atoms with Crippen LogP contribution < -0.4 is 5.32 Å². The van der Waals surface area contributed by atoms with Gasteiger partial charge in [-0.25, -0.2) is 0 Å². The highest BCUT2D eigenvalue weighted by Crippen LogP contribution is 2.18. The molecule has 7 heteroatoms. The average Bonchev–Trinajstić information content (AvgIpc) is 2.65. The number of unbranched alkanes of at least 4 members (excludes halogenated alkanes) is 1. The number of rotatable bonds is 6. The van der Waals surface area contributed by atoms with Gasteiger partial charge in [0, 0.05) is 26.7 Å². The van der Waals surface area contributed by atoms with Crippen molar-refractivity contribution in [3.63, 3.8) is 0 Å². The van der Waals surface area contributed by atoms with Gasteiger partial charge in [0.05, 0.1) is 13.0 Å². The van der Waals surface area contributed by atoms with E-state index >= 15 is 0 Å². The lowest BCUT2D eigenvalue weighted by molar-refractivity contribution is -0.146. The summed E-state index contributed by atoms with van der Waals surface area (Å²) >= 11 is 0. The third kappa shape index (κ3) is 7.58. The summed E-state index contributed by atoms with van der Waals surface area (Å²) in [6, 6.07) is 0. The number of likely N-dealkylation sites (tertiary alicyclic amines) is 2. The highest BCUT2D eigenvalue weighted by Gasteiger charge is 2.26. The van der Waals surface area contributed by atoms with E-state index in [1.165, 1.54) is 52.4 Å². The van der Waals surface area contributed by atoms with Crippen molar-refractivity contribution in [1.29, 1.82) is 0 Å². The molecule has 152 valence electrons. The Bertz CT molecular complexity index is 431. The number of hydrogen-bond acceptors (Lipinski definition) is 4. The summed E-state index contributed by atoms with van der Waals surface area (Å²) in [4.78, 5) is 20.9. The number of piperidine rings is 2. The third-order valence-corrected chi connectivity index (χ3v) is 5.60. The van der Waals surface area contributed by atoms with Crippen molar-refractivity contribution in [2.75, 3.05) is 53.4 Å². The van der Waals surface area contributed by atoms with Gasteiger partial charge in [-0.3, -0.25) is 9.79 Å². The number of guanidine groups is 1. The Kier molecular flexibility index (Phi) is 11.5. The van der Waals surface area contributed by atoms with Gasteiger partial charge in [-0.15, -0.1) is 24.0 Å². The summed E-state index contributed by atoms with van der Waals surface area (Å²) < 4.78 is 4.85. The van der Waals surface area contributed by atoms with E-state index in [2.05, 4.69) is 27.0 Å². The van der Waals surface area contributed by atoms with Gasteiger partial charge in [-0.2, -0.15) is 0 Å².